The van der Waals surface area contributed by atoms with E-state index in [0.717, 1.165) is 13.0 Å². The molecule has 12 heavy (non-hydrogen) atoms. The van der Waals surface area contributed by atoms with E-state index in [-0.39, 0.29) is 0 Å². The van der Waals surface area contributed by atoms with Crippen LogP contribution in [0, 0.1) is 5.92 Å². The summed E-state index contributed by atoms with van der Waals surface area (Å²) in [4.78, 5) is 0. The maximum Gasteiger partial charge on any atom is 0.0898 e. The first-order valence-electron chi connectivity index (χ1n) is 4.64. The van der Waals surface area contributed by atoms with Gasteiger partial charge in [0, 0.05) is 6.42 Å². The van der Waals surface area contributed by atoms with Crippen molar-refractivity contribution in [3.8, 4) is 0 Å². The molecule has 1 saturated heterocycles. The van der Waals surface area contributed by atoms with Crippen molar-refractivity contribution >= 4 is 0 Å². The summed E-state index contributed by atoms with van der Waals surface area (Å²) in [5.74, 6) is 0.570. The molecule has 2 heteroatoms. The lowest BCUT2D eigenvalue weighted by Crippen LogP contribution is -1.96. The van der Waals surface area contributed by atoms with Gasteiger partial charge in [0.25, 0.3) is 0 Å². The summed E-state index contributed by atoms with van der Waals surface area (Å²) in [5.41, 5.74) is 0. The fourth-order valence-electron chi connectivity index (χ4n) is 0.998. The SMILES string of the molecule is CC(C)C=COCCC1OC1C. The molecule has 1 aliphatic rings. The first-order chi connectivity index (χ1) is 5.70. The first kappa shape index (κ1) is 9.59. The molecule has 0 bridgehead atoms. The second kappa shape index (κ2) is 4.51. The zero-order valence-electron chi connectivity index (χ0n) is 8.12. The van der Waals surface area contributed by atoms with Gasteiger partial charge in [-0.05, 0) is 18.9 Å². The van der Waals surface area contributed by atoms with E-state index >= 15 is 0 Å². The lowest BCUT2D eigenvalue weighted by atomic mass is 10.2. The Morgan fingerprint density at radius 1 is 1.50 bits per heavy atom. The molecule has 0 aliphatic carbocycles. The number of rotatable bonds is 5. The van der Waals surface area contributed by atoms with Gasteiger partial charge in [0.05, 0.1) is 25.1 Å². The minimum absolute atomic E-state index is 0.456. The molecule has 2 unspecified atom stereocenters. The highest BCUT2D eigenvalue weighted by Crippen LogP contribution is 2.23. The van der Waals surface area contributed by atoms with Crippen LogP contribution in [0.3, 0.4) is 0 Å². The largest absolute Gasteiger partial charge is 0.501 e. The van der Waals surface area contributed by atoms with E-state index in [1.807, 2.05) is 0 Å². The van der Waals surface area contributed by atoms with Crippen molar-refractivity contribution in [2.75, 3.05) is 6.61 Å². The average Bonchev–Trinajstić information content (AvgIpc) is 2.65. The zero-order chi connectivity index (χ0) is 8.97. The quantitative estimate of drug-likeness (QED) is 0.359. The molecule has 0 aromatic heterocycles. The molecule has 70 valence electrons. The van der Waals surface area contributed by atoms with E-state index in [2.05, 4.69) is 26.8 Å². The molecule has 0 aromatic rings. The van der Waals surface area contributed by atoms with E-state index in [1.165, 1.54) is 0 Å². The van der Waals surface area contributed by atoms with Gasteiger partial charge in [0.2, 0.25) is 0 Å². The number of ether oxygens (including phenoxy) is 2. The van der Waals surface area contributed by atoms with Gasteiger partial charge in [0.1, 0.15) is 0 Å². The van der Waals surface area contributed by atoms with Crippen molar-refractivity contribution in [1.82, 2.24) is 0 Å². The van der Waals surface area contributed by atoms with Crippen molar-refractivity contribution in [2.45, 2.75) is 39.4 Å². The third kappa shape index (κ3) is 3.77. The number of epoxide rings is 1. The summed E-state index contributed by atoms with van der Waals surface area (Å²) in [5, 5.41) is 0. The van der Waals surface area contributed by atoms with Crippen molar-refractivity contribution in [1.29, 1.82) is 0 Å². The molecule has 0 N–H and O–H groups in total. The molecule has 0 spiro atoms. The maximum atomic E-state index is 5.28. The highest BCUT2D eigenvalue weighted by Gasteiger charge is 2.33. The topological polar surface area (TPSA) is 21.8 Å². The third-order valence-corrected chi connectivity index (χ3v) is 1.92. The normalized spacial score (nSPS) is 28.3. The Hall–Kier alpha value is -0.500. The van der Waals surface area contributed by atoms with E-state index in [9.17, 15) is 0 Å². The smallest absolute Gasteiger partial charge is 0.0898 e. The number of allylic oxidation sites excluding steroid dienone is 1. The Kier molecular flexibility index (Phi) is 3.60. The summed E-state index contributed by atoms with van der Waals surface area (Å²) in [7, 11) is 0. The van der Waals surface area contributed by atoms with Crippen LogP contribution in [-0.4, -0.2) is 18.8 Å². The molecule has 0 saturated carbocycles. The van der Waals surface area contributed by atoms with Crippen molar-refractivity contribution in [3.05, 3.63) is 12.3 Å². The van der Waals surface area contributed by atoms with Gasteiger partial charge in [-0.3, -0.25) is 0 Å². The van der Waals surface area contributed by atoms with E-state index in [0.29, 0.717) is 18.1 Å². The second-order valence-electron chi connectivity index (χ2n) is 3.61. The Morgan fingerprint density at radius 3 is 2.67 bits per heavy atom. The maximum absolute atomic E-state index is 5.28. The molecular weight excluding hydrogens is 152 g/mol. The Bertz CT molecular complexity index is 152. The van der Waals surface area contributed by atoms with Gasteiger partial charge in [-0.15, -0.1) is 0 Å². The molecular formula is C10H18O2. The van der Waals surface area contributed by atoms with Crippen LogP contribution >= 0.6 is 0 Å². The molecule has 2 nitrogen and oxygen atoms in total. The average molecular weight is 170 g/mol. The van der Waals surface area contributed by atoms with Gasteiger partial charge in [-0.1, -0.05) is 13.8 Å². The predicted molar refractivity (Wildman–Crippen MR) is 48.9 cm³/mol. The predicted octanol–water partition coefficient (Wildman–Crippen LogP) is 2.35. The summed E-state index contributed by atoms with van der Waals surface area (Å²) < 4.78 is 10.5. The van der Waals surface area contributed by atoms with Crippen LogP contribution < -0.4 is 0 Å². The molecule has 0 amide bonds. The molecule has 1 rings (SSSR count). The monoisotopic (exact) mass is 170 g/mol. The highest BCUT2D eigenvalue weighted by molar-refractivity contribution is 4.81. The minimum Gasteiger partial charge on any atom is -0.501 e. The zero-order valence-corrected chi connectivity index (χ0v) is 8.12. The molecule has 0 aromatic carbocycles. The van der Waals surface area contributed by atoms with Crippen LogP contribution in [0.2, 0.25) is 0 Å². The minimum atomic E-state index is 0.456. The second-order valence-corrected chi connectivity index (χ2v) is 3.61. The van der Waals surface area contributed by atoms with E-state index in [1.54, 1.807) is 6.26 Å². The highest BCUT2D eigenvalue weighted by atomic mass is 16.6. The standard InChI is InChI=1S/C10H18O2/c1-8(2)4-6-11-7-5-10-9(3)12-10/h4,6,8-10H,5,7H2,1-3H3. The van der Waals surface area contributed by atoms with Crippen molar-refractivity contribution < 1.29 is 9.47 Å². The molecule has 1 heterocycles. The van der Waals surface area contributed by atoms with Gasteiger partial charge in [0.15, 0.2) is 0 Å². The van der Waals surface area contributed by atoms with Crippen molar-refractivity contribution in [2.24, 2.45) is 5.92 Å². The number of hydrogen-bond donors (Lipinski definition) is 0. The summed E-state index contributed by atoms with van der Waals surface area (Å²) in [6.45, 7) is 7.13. The van der Waals surface area contributed by atoms with Gasteiger partial charge < -0.3 is 9.47 Å². The van der Waals surface area contributed by atoms with Crippen LogP contribution in [0.1, 0.15) is 27.2 Å². The first-order valence-corrected chi connectivity index (χ1v) is 4.64. The fourth-order valence-corrected chi connectivity index (χ4v) is 0.998. The van der Waals surface area contributed by atoms with Crippen LogP contribution in [0.15, 0.2) is 12.3 Å². The summed E-state index contributed by atoms with van der Waals surface area (Å²) in [6.07, 6.45) is 5.78. The van der Waals surface area contributed by atoms with Gasteiger partial charge in [-0.25, -0.2) is 0 Å². The van der Waals surface area contributed by atoms with Crippen LogP contribution in [0.5, 0.6) is 0 Å². The Morgan fingerprint density at radius 2 is 2.17 bits per heavy atom. The molecule has 1 aliphatic heterocycles. The van der Waals surface area contributed by atoms with Gasteiger partial charge in [-0.2, -0.15) is 0 Å². The van der Waals surface area contributed by atoms with E-state index in [4.69, 9.17) is 9.47 Å². The molecule has 2 atom stereocenters. The fraction of sp³-hybridized carbons (Fsp3) is 0.800. The van der Waals surface area contributed by atoms with Crippen LogP contribution in [-0.2, 0) is 9.47 Å². The lowest BCUT2D eigenvalue weighted by molar-refractivity contribution is 0.226. The lowest BCUT2D eigenvalue weighted by Gasteiger charge is -1.98. The Labute approximate surface area is 74.6 Å². The number of hydrogen-bond acceptors (Lipinski definition) is 2. The van der Waals surface area contributed by atoms with Crippen molar-refractivity contribution in [3.63, 3.8) is 0 Å². The Balaban J connectivity index is 1.89. The summed E-state index contributed by atoms with van der Waals surface area (Å²) >= 11 is 0. The third-order valence-electron chi connectivity index (χ3n) is 1.92. The van der Waals surface area contributed by atoms with Crippen LogP contribution in [0.25, 0.3) is 0 Å². The molecule has 0 radical (unpaired) electrons. The molecule has 1 fully saturated rings. The van der Waals surface area contributed by atoms with E-state index < -0.39 is 0 Å². The van der Waals surface area contributed by atoms with Crippen LogP contribution in [0.4, 0.5) is 0 Å². The summed E-state index contributed by atoms with van der Waals surface area (Å²) in [6, 6.07) is 0. The van der Waals surface area contributed by atoms with Gasteiger partial charge >= 0.3 is 0 Å².